The number of pyridine rings is 3. The highest BCUT2D eigenvalue weighted by molar-refractivity contribution is 5.69. The number of hydrogen-bond donors (Lipinski definition) is 1. The van der Waals surface area contributed by atoms with Crippen molar-refractivity contribution in [3.8, 4) is 11.3 Å². The SMILES string of the molecule is OCC(c1cccnc1)(c1cccnc1)c1cccnc1-c1cccc(C(F)(F)F)c1. The molecule has 156 valence electrons. The maximum absolute atomic E-state index is 13.3. The summed E-state index contributed by atoms with van der Waals surface area (Å²) in [7, 11) is 0. The minimum Gasteiger partial charge on any atom is -0.395 e. The van der Waals surface area contributed by atoms with Crippen LogP contribution in [0.15, 0.2) is 91.6 Å². The van der Waals surface area contributed by atoms with E-state index in [0.717, 1.165) is 12.1 Å². The lowest BCUT2D eigenvalue weighted by Gasteiger charge is -2.34. The van der Waals surface area contributed by atoms with Crippen molar-refractivity contribution in [2.24, 2.45) is 0 Å². The molecule has 0 bridgehead atoms. The first-order chi connectivity index (χ1) is 15.0. The van der Waals surface area contributed by atoms with E-state index in [1.54, 1.807) is 55.1 Å². The Labute approximate surface area is 177 Å². The predicted octanol–water partition coefficient (Wildman–Crippen LogP) is 4.88. The number of nitrogens with zero attached hydrogens (tertiary/aromatic N) is 3. The zero-order chi connectivity index (χ0) is 21.9. The molecule has 1 N–H and O–H groups in total. The number of hydrogen-bond acceptors (Lipinski definition) is 4. The molecule has 31 heavy (non-hydrogen) atoms. The number of rotatable bonds is 5. The third-order valence-electron chi connectivity index (χ3n) is 5.28. The molecule has 4 nitrogen and oxygen atoms in total. The Balaban J connectivity index is 2.02. The number of aliphatic hydroxyl groups is 1. The Hall–Kier alpha value is -3.58. The van der Waals surface area contributed by atoms with Crippen LogP contribution < -0.4 is 0 Å². The molecule has 0 saturated heterocycles. The summed E-state index contributed by atoms with van der Waals surface area (Å²) in [6.45, 7) is -0.359. The second kappa shape index (κ2) is 8.28. The summed E-state index contributed by atoms with van der Waals surface area (Å²) in [6.07, 6.45) is 3.54. The van der Waals surface area contributed by atoms with E-state index in [0.29, 0.717) is 27.9 Å². The molecule has 3 heterocycles. The van der Waals surface area contributed by atoms with Crippen LogP contribution in [-0.4, -0.2) is 26.7 Å². The van der Waals surface area contributed by atoms with Crippen LogP contribution in [0.5, 0.6) is 0 Å². The van der Waals surface area contributed by atoms with Crippen molar-refractivity contribution in [2.75, 3.05) is 6.61 Å². The van der Waals surface area contributed by atoms with Crippen molar-refractivity contribution in [3.63, 3.8) is 0 Å². The smallest absolute Gasteiger partial charge is 0.395 e. The Kier molecular flexibility index (Phi) is 5.52. The number of benzene rings is 1. The van der Waals surface area contributed by atoms with Crippen molar-refractivity contribution in [2.45, 2.75) is 11.6 Å². The average Bonchev–Trinajstić information content (AvgIpc) is 2.81. The van der Waals surface area contributed by atoms with E-state index in [9.17, 15) is 18.3 Å². The highest BCUT2D eigenvalue weighted by atomic mass is 19.4. The van der Waals surface area contributed by atoms with Gasteiger partial charge < -0.3 is 5.11 Å². The Bertz CT molecular complexity index is 1130. The van der Waals surface area contributed by atoms with Gasteiger partial charge in [0.2, 0.25) is 0 Å². The standard InChI is InChI=1S/C24H18F3N3O/c25-24(26,27)18-6-1-5-17(13-18)22-21(9-4-12-30-22)23(16-31,19-7-2-10-28-14-19)20-8-3-11-29-15-20/h1-15,31H,16H2. The van der Waals surface area contributed by atoms with Crippen LogP contribution >= 0.6 is 0 Å². The van der Waals surface area contributed by atoms with Crippen molar-refractivity contribution >= 4 is 0 Å². The van der Waals surface area contributed by atoms with E-state index in [2.05, 4.69) is 15.0 Å². The summed E-state index contributed by atoms with van der Waals surface area (Å²) in [4.78, 5) is 12.8. The molecule has 3 aromatic heterocycles. The summed E-state index contributed by atoms with van der Waals surface area (Å²) in [5, 5.41) is 10.7. The Morgan fingerprint density at radius 1 is 0.742 bits per heavy atom. The van der Waals surface area contributed by atoms with Gasteiger partial charge in [0.1, 0.15) is 0 Å². The third kappa shape index (κ3) is 3.80. The molecular weight excluding hydrogens is 403 g/mol. The molecule has 0 unspecified atom stereocenters. The van der Waals surface area contributed by atoms with E-state index < -0.39 is 17.2 Å². The van der Waals surface area contributed by atoms with E-state index in [-0.39, 0.29) is 6.61 Å². The maximum atomic E-state index is 13.3. The van der Waals surface area contributed by atoms with Gasteiger partial charge in [-0.15, -0.1) is 0 Å². The van der Waals surface area contributed by atoms with Gasteiger partial charge in [0.25, 0.3) is 0 Å². The minimum absolute atomic E-state index is 0.302. The van der Waals surface area contributed by atoms with Crippen LogP contribution in [-0.2, 0) is 11.6 Å². The summed E-state index contributed by atoms with van der Waals surface area (Å²) < 4.78 is 40.0. The fourth-order valence-corrected chi connectivity index (χ4v) is 3.80. The summed E-state index contributed by atoms with van der Waals surface area (Å²) in [5.41, 5.74) is 0.655. The number of halogens is 3. The van der Waals surface area contributed by atoms with E-state index in [1.807, 2.05) is 12.1 Å². The first-order valence-corrected chi connectivity index (χ1v) is 9.52. The molecular formula is C24H18F3N3O. The number of alkyl halides is 3. The van der Waals surface area contributed by atoms with Crippen LogP contribution in [0.1, 0.15) is 22.3 Å². The zero-order valence-corrected chi connectivity index (χ0v) is 16.3. The lowest BCUT2D eigenvalue weighted by Crippen LogP contribution is -2.34. The van der Waals surface area contributed by atoms with Gasteiger partial charge >= 0.3 is 6.18 Å². The summed E-state index contributed by atoms with van der Waals surface area (Å²) in [5.74, 6) is 0. The van der Waals surface area contributed by atoms with Gasteiger partial charge in [0.15, 0.2) is 0 Å². The Morgan fingerprint density at radius 2 is 1.35 bits per heavy atom. The van der Waals surface area contributed by atoms with E-state index in [1.165, 1.54) is 12.3 Å². The average molecular weight is 421 g/mol. The minimum atomic E-state index is -4.48. The van der Waals surface area contributed by atoms with Crippen LogP contribution in [0.25, 0.3) is 11.3 Å². The fourth-order valence-electron chi connectivity index (χ4n) is 3.80. The van der Waals surface area contributed by atoms with E-state index >= 15 is 0 Å². The van der Waals surface area contributed by atoms with Gasteiger partial charge in [-0.1, -0.05) is 30.3 Å². The van der Waals surface area contributed by atoms with Crippen molar-refractivity contribution in [1.29, 1.82) is 0 Å². The van der Waals surface area contributed by atoms with Gasteiger partial charge in [0.05, 0.1) is 23.3 Å². The first-order valence-electron chi connectivity index (χ1n) is 9.52. The van der Waals surface area contributed by atoms with Crippen LogP contribution in [0.3, 0.4) is 0 Å². The van der Waals surface area contributed by atoms with Gasteiger partial charge in [-0.3, -0.25) is 15.0 Å². The molecule has 0 aliphatic carbocycles. The fraction of sp³-hybridized carbons (Fsp3) is 0.125. The number of aromatic nitrogens is 3. The third-order valence-corrected chi connectivity index (χ3v) is 5.28. The van der Waals surface area contributed by atoms with E-state index in [4.69, 9.17) is 0 Å². The lowest BCUT2D eigenvalue weighted by atomic mass is 9.70. The van der Waals surface area contributed by atoms with Gasteiger partial charge in [-0.25, -0.2) is 0 Å². The summed E-state index contributed by atoms with van der Waals surface area (Å²) >= 11 is 0. The maximum Gasteiger partial charge on any atom is 0.416 e. The second-order valence-electron chi connectivity index (χ2n) is 7.02. The molecule has 7 heteroatoms. The van der Waals surface area contributed by atoms with Crippen molar-refractivity contribution in [1.82, 2.24) is 15.0 Å². The van der Waals surface area contributed by atoms with Gasteiger partial charge in [-0.2, -0.15) is 13.2 Å². The quantitative estimate of drug-likeness (QED) is 0.499. The normalized spacial score (nSPS) is 12.0. The highest BCUT2D eigenvalue weighted by Crippen LogP contribution is 2.42. The molecule has 0 saturated carbocycles. The molecule has 4 aromatic rings. The molecule has 0 amide bonds. The molecule has 1 aromatic carbocycles. The van der Waals surface area contributed by atoms with Gasteiger partial charge in [-0.05, 0) is 47.0 Å². The van der Waals surface area contributed by atoms with Crippen LogP contribution in [0.2, 0.25) is 0 Å². The van der Waals surface area contributed by atoms with Crippen LogP contribution in [0.4, 0.5) is 13.2 Å². The van der Waals surface area contributed by atoms with Gasteiger partial charge in [0, 0.05) is 36.5 Å². The molecule has 0 aliphatic heterocycles. The van der Waals surface area contributed by atoms with Crippen molar-refractivity contribution in [3.05, 3.63) is 114 Å². The highest BCUT2D eigenvalue weighted by Gasteiger charge is 2.39. The second-order valence-corrected chi connectivity index (χ2v) is 7.02. The Morgan fingerprint density at radius 3 is 1.90 bits per heavy atom. The molecule has 4 rings (SSSR count). The first kappa shape index (κ1) is 20.7. The molecule has 0 radical (unpaired) electrons. The number of aliphatic hydroxyl groups excluding tert-OH is 1. The molecule has 0 spiro atoms. The van der Waals surface area contributed by atoms with Crippen molar-refractivity contribution < 1.29 is 18.3 Å². The summed E-state index contributed by atoms with van der Waals surface area (Å²) in [6, 6.07) is 15.6. The monoisotopic (exact) mass is 421 g/mol. The molecule has 0 atom stereocenters. The molecule has 0 aliphatic rings. The zero-order valence-electron chi connectivity index (χ0n) is 16.3. The van der Waals surface area contributed by atoms with Crippen LogP contribution in [0, 0.1) is 0 Å². The topological polar surface area (TPSA) is 58.9 Å². The lowest BCUT2D eigenvalue weighted by molar-refractivity contribution is -0.137. The largest absolute Gasteiger partial charge is 0.416 e. The predicted molar refractivity (Wildman–Crippen MR) is 110 cm³/mol. The molecule has 0 fully saturated rings.